The van der Waals surface area contributed by atoms with E-state index in [1.54, 1.807) is 25.4 Å². The number of nitrogens with one attached hydrogen (secondary N) is 1. The predicted molar refractivity (Wildman–Crippen MR) is 179 cm³/mol. The van der Waals surface area contributed by atoms with Crippen molar-refractivity contribution in [1.29, 1.82) is 0 Å². The molecular weight excluding hydrogens is 590 g/mol. The zero-order valence-corrected chi connectivity index (χ0v) is 27.9. The molecule has 2 heterocycles. The van der Waals surface area contributed by atoms with Crippen molar-refractivity contribution in [1.82, 2.24) is 9.97 Å². The lowest BCUT2D eigenvalue weighted by Crippen LogP contribution is -2.26. The van der Waals surface area contributed by atoms with Gasteiger partial charge in [0.15, 0.2) is 0 Å². The predicted octanol–water partition coefficient (Wildman–Crippen LogP) is 8.27. The number of aryl methyl sites for hydroxylation is 1. The molecule has 0 aliphatic heterocycles. The maximum Gasteiger partial charge on any atom is 0.320 e. The number of ether oxygens (including phenoxy) is 3. The highest BCUT2D eigenvalue weighted by Crippen LogP contribution is 2.45. The molecule has 0 bridgehead atoms. The fourth-order valence-corrected chi connectivity index (χ4v) is 5.47. The second-order valence-corrected chi connectivity index (χ2v) is 14.7. The molecule has 0 saturated heterocycles. The number of anilines is 1. The number of hydrogen-bond donors (Lipinski definition) is 1. The molecule has 9 nitrogen and oxygen atoms in total. The second-order valence-electron chi connectivity index (χ2n) is 13.0. The van der Waals surface area contributed by atoms with Crippen molar-refractivity contribution < 1.29 is 27.0 Å². The van der Waals surface area contributed by atoms with Crippen molar-refractivity contribution in [2.24, 2.45) is 0 Å². The fourth-order valence-electron chi connectivity index (χ4n) is 4.91. The van der Waals surface area contributed by atoms with Crippen LogP contribution in [0.1, 0.15) is 47.3 Å². The topological polar surface area (TPSA) is 113 Å². The van der Waals surface area contributed by atoms with E-state index >= 15 is 0 Å². The van der Waals surface area contributed by atoms with Crippen LogP contribution in [0.3, 0.4) is 0 Å². The number of benzene rings is 3. The molecule has 0 saturated carbocycles. The summed E-state index contributed by atoms with van der Waals surface area (Å²) in [6, 6.07) is 19.5. The van der Waals surface area contributed by atoms with E-state index in [0.29, 0.717) is 28.6 Å². The van der Waals surface area contributed by atoms with Gasteiger partial charge in [-0.25, -0.2) is 13.4 Å². The molecule has 5 rings (SSSR count). The quantitative estimate of drug-likeness (QED) is 0.183. The zero-order valence-electron chi connectivity index (χ0n) is 27.1. The highest BCUT2D eigenvalue weighted by molar-refractivity contribution is 7.92. The number of sulfonamides is 1. The summed E-state index contributed by atoms with van der Waals surface area (Å²) in [5.41, 5.74) is 3.40. The van der Waals surface area contributed by atoms with Crippen LogP contribution < -0.4 is 18.9 Å². The highest BCUT2D eigenvalue weighted by Gasteiger charge is 2.24. The van der Waals surface area contributed by atoms with Gasteiger partial charge in [-0.05, 0) is 113 Å². The van der Waals surface area contributed by atoms with Crippen LogP contribution in [0.15, 0.2) is 71.3 Å². The van der Waals surface area contributed by atoms with Crippen LogP contribution in [-0.2, 0) is 10.0 Å². The Kier molecular flexibility index (Phi) is 8.31. The van der Waals surface area contributed by atoms with Crippen LogP contribution in [0, 0.1) is 6.92 Å². The molecule has 0 amide bonds. The van der Waals surface area contributed by atoms with Crippen LogP contribution in [0.2, 0.25) is 0 Å². The van der Waals surface area contributed by atoms with Gasteiger partial charge in [-0.15, -0.1) is 0 Å². The monoisotopic (exact) mass is 629 g/mol. The molecule has 45 heavy (non-hydrogen) atoms. The Balaban J connectivity index is 1.73. The summed E-state index contributed by atoms with van der Waals surface area (Å²) >= 11 is 0. The Hall–Kier alpha value is -4.57. The number of rotatable bonds is 8. The van der Waals surface area contributed by atoms with Gasteiger partial charge in [-0.3, -0.25) is 4.72 Å². The van der Waals surface area contributed by atoms with Crippen LogP contribution >= 0.6 is 0 Å². The van der Waals surface area contributed by atoms with Gasteiger partial charge in [-0.2, -0.15) is 4.98 Å². The van der Waals surface area contributed by atoms with Crippen molar-refractivity contribution in [3.8, 4) is 51.2 Å². The van der Waals surface area contributed by atoms with E-state index in [2.05, 4.69) is 14.7 Å². The van der Waals surface area contributed by atoms with E-state index in [9.17, 15) is 8.42 Å². The van der Waals surface area contributed by atoms with Crippen LogP contribution in [0.5, 0.6) is 17.6 Å². The van der Waals surface area contributed by atoms with Crippen LogP contribution in [0.25, 0.3) is 44.3 Å². The molecule has 0 spiro atoms. The highest BCUT2D eigenvalue weighted by atomic mass is 32.2. The van der Waals surface area contributed by atoms with E-state index in [1.165, 1.54) is 0 Å². The Morgan fingerprint density at radius 1 is 0.778 bits per heavy atom. The number of hydrogen-bond acceptors (Lipinski definition) is 8. The third-order valence-electron chi connectivity index (χ3n) is 6.60. The van der Waals surface area contributed by atoms with E-state index in [0.717, 1.165) is 45.0 Å². The van der Waals surface area contributed by atoms with Crippen molar-refractivity contribution >= 4 is 26.5 Å². The summed E-state index contributed by atoms with van der Waals surface area (Å²) < 4.78 is 50.5. The van der Waals surface area contributed by atoms with Crippen LogP contribution in [0.4, 0.5) is 5.69 Å². The van der Waals surface area contributed by atoms with Gasteiger partial charge in [0, 0.05) is 17.4 Å². The van der Waals surface area contributed by atoms with Gasteiger partial charge in [0.2, 0.25) is 15.9 Å². The molecule has 2 aromatic heterocycles. The lowest BCUT2D eigenvalue weighted by Gasteiger charge is -2.24. The van der Waals surface area contributed by atoms with Gasteiger partial charge < -0.3 is 18.6 Å². The minimum absolute atomic E-state index is 0.223. The second kappa shape index (κ2) is 11.7. The first-order chi connectivity index (χ1) is 21.0. The largest absolute Gasteiger partial charge is 0.495 e. The summed E-state index contributed by atoms with van der Waals surface area (Å²) in [5.74, 6) is 2.44. The molecule has 236 valence electrons. The molecule has 1 N–H and O–H groups in total. The molecule has 0 fully saturated rings. The standard InChI is InChI=1S/C35H39N3O6S/c1-21-10-15-30(42-21)28-19-25(29-20-36-33(44-35(5,6)7)37-32(29)43-34(2,3)4)18-27(31(28)41-8)24-12-11-23-17-26(38-45(9,39)40)14-13-22(23)16-24/h10-20,38H,1-9H3. The van der Waals surface area contributed by atoms with Gasteiger partial charge in [0.25, 0.3) is 0 Å². The van der Waals surface area contributed by atoms with Gasteiger partial charge in [0.05, 0.1) is 24.5 Å². The van der Waals surface area contributed by atoms with E-state index in [4.69, 9.17) is 18.6 Å². The minimum Gasteiger partial charge on any atom is -0.495 e. The lowest BCUT2D eigenvalue weighted by molar-refractivity contribution is 0.103. The Bertz CT molecular complexity index is 1990. The molecule has 10 heteroatoms. The molecule has 5 aromatic rings. The first kappa shape index (κ1) is 31.8. The summed E-state index contributed by atoms with van der Waals surface area (Å²) in [6.45, 7) is 13.6. The smallest absolute Gasteiger partial charge is 0.320 e. The molecule has 0 unspecified atom stereocenters. The summed E-state index contributed by atoms with van der Waals surface area (Å²) in [6.07, 6.45) is 2.85. The van der Waals surface area contributed by atoms with Gasteiger partial charge >= 0.3 is 6.01 Å². The Morgan fingerprint density at radius 3 is 2.07 bits per heavy atom. The summed E-state index contributed by atoms with van der Waals surface area (Å²) in [7, 11) is -1.76. The summed E-state index contributed by atoms with van der Waals surface area (Å²) in [5, 5.41) is 1.81. The average molecular weight is 630 g/mol. The van der Waals surface area contributed by atoms with Crippen molar-refractivity contribution in [2.45, 2.75) is 59.7 Å². The zero-order chi connectivity index (χ0) is 32.7. The van der Waals surface area contributed by atoms with Gasteiger partial charge in [0.1, 0.15) is 28.5 Å². The molecule has 0 aliphatic rings. The maximum atomic E-state index is 11.8. The minimum atomic E-state index is -3.40. The molecular formula is C35H39N3O6S. The fraction of sp³-hybridized carbons (Fsp3) is 0.314. The normalized spacial score (nSPS) is 12.3. The number of nitrogens with zero attached hydrogens (tertiary/aromatic N) is 2. The first-order valence-corrected chi connectivity index (χ1v) is 16.4. The summed E-state index contributed by atoms with van der Waals surface area (Å²) in [4.78, 5) is 9.23. The van der Waals surface area contributed by atoms with Crippen molar-refractivity contribution in [2.75, 3.05) is 18.1 Å². The Labute approximate surface area is 264 Å². The molecule has 0 atom stereocenters. The Morgan fingerprint density at radius 2 is 1.44 bits per heavy atom. The van der Waals surface area contributed by atoms with Crippen molar-refractivity contribution in [3.05, 3.63) is 72.6 Å². The number of methoxy groups -OCH3 is 1. The molecule has 0 aliphatic carbocycles. The van der Waals surface area contributed by atoms with E-state index in [1.807, 2.05) is 97.0 Å². The lowest BCUT2D eigenvalue weighted by atomic mass is 9.93. The van der Waals surface area contributed by atoms with Crippen LogP contribution in [-0.4, -0.2) is 43.0 Å². The molecule has 3 aromatic carbocycles. The molecule has 0 radical (unpaired) electrons. The number of aromatic nitrogens is 2. The third-order valence-corrected chi connectivity index (χ3v) is 7.20. The van der Waals surface area contributed by atoms with Gasteiger partial charge in [-0.1, -0.05) is 18.2 Å². The maximum absolute atomic E-state index is 11.8. The first-order valence-electron chi connectivity index (χ1n) is 14.5. The number of furan rings is 1. The average Bonchev–Trinajstić information content (AvgIpc) is 3.35. The van der Waals surface area contributed by atoms with E-state index in [-0.39, 0.29) is 6.01 Å². The third kappa shape index (κ3) is 7.75. The number of fused-ring (bicyclic) bond motifs is 1. The SMILES string of the molecule is COc1c(-c2ccc3cc(NS(C)(=O)=O)ccc3c2)cc(-c2cnc(OC(C)(C)C)nc2OC(C)(C)C)cc1-c1ccc(C)o1. The van der Waals surface area contributed by atoms with Crippen molar-refractivity contribution in [3.63, 3.8) is 0 Å². The van der Waals surface area contributed by atoms with E-state index < -0.39 is 21.2 Å².